The molecule has 0 amide bonds. The Hall–Kier alpha value is -0.100. The van der Waals surface area contributed by atoms with Crippen molar-refractivity contribution in [3.8, 4) is 5.75 Å². The molecule has 21 heavy (non-hydrogen) atoms. The lowest BCUT2D eigenvalue weighted by atomic mass is 10.1. The molecule has 1 unspecified atom stereocenters. The van der Waals surface area contributed by atoms with E-state index < -0.39 is 0 Å². The second-order valence-electron chi connectivity index (χ2n) is 5.72. The van der Waals surface area contributed by atoms with E-state index in [9.17, 15) is 0 Å². The van der Waals surface area contributed by atoms with Gasteiger partial charge in [-0.1, -0.05) is 22.4 Å². The van der Waals surface area contributed by atoms with E-state index in [1.807, 2.05) is 6.07 Å². The van der Waals surface area contributed by atoms with Crippen LogP contribution in [0.25, 0.3) is 0 Å². The molecule has 1 aromatic carbocycles. The van der Waals surface area contributed by atoms with E-state index >= 15 is 0 Å². The first kappa shape index (κ1) is 17.3. The molecule has 0 aromatic heterocycles. The Kier molecular flexibility index (Phi) is 6.99. The second kappa shape index (κ2) is 8.51. The van der Waals surface area contributed by atoms with Crippen molar-refractivity contribution >= 4 is 31.9 Å². The predicted octanol–water partition coefficient (Wildman–Crippen LogP) is 4.18. The number of halogens is 2. The smallest absolute Gasteiger partial charge is 0.137 e. The maximum Gasteiger partial charge on any atom is 0.137 e. The maximum absolute atomic E-state index is 5.50. The summed E-state index contributed by atoms with van der Waals surface area (Å²) in [4.78, 5) is 2.56. The quantitative estimate of drug-likeness (QED) is 0.748. The SMILES string of the molecule is COc1c(Br)cc(Br)cc1CNC(C)CN1CCCCC1. The summed E-state index contributed by atoms with van der Waals surface area (Å²) in [5.74, 6) is 0.913. The lowest BCUT2D eigenvalue weighted by Crippen LogP contribution is -2.41. The van der Waals surface area contributed by atoms with Crippen molar-refractivity contribution < 1.29 is 4.74 Å². The first-order valence-corrected chi connectivity index (χ1v) is 9.16. The number of methoxy groups -OCH3 is 1. The topological polar surface area (TPSA) is 24.5 Å². The summed E-state index contributed by atoms with van der Waals surface area (Å²) < 4.78 is 7.55. The van der Waals surface area contributed by atoms with Crippen molar-refractivity contribution in [1.29, 1.82) is 0 Å². The van der Waals surface area contributed by atoms with Crippen molar-refractivity contribution in [3.63, 3.8) is 0 Å². The van der Waals surface area contributed by atoms with Gasteiger partial charge in [-0.3, -0.25) is 0 Å². The summed E-state index contributed by atoms with van der Waals surface area (Å²) in [6, 6.07) is 4.61. The highest BCUT2D eigenvalue weighted by molar-refractivity contribution is 9.11. The molecule has 0 saturated carbocycles. The van der Waals surface area contributed by atoms with Gasteiger partial charge in [-0.05, 0) is 60.9 Å². The average molecular weight is 420 g/mol. The summed E-state index contributed by atoms with van der Waals surface area (Å²) in [5.41, 5.74) is 1.17. The molecule has 1 atom stereocenters. The van der Waals surface area contributed by atoms with E-state index in [0.717, 1.165) is 27.8 Å². The molecule has 1 heterocycles. The third kappa shape index (κ3) is 5.23. The van der Waals surface area contributed by atoms with Gasteiger partial charge >= 0.3 is 0 Å². The van der Waals surface area contributed by atoms with Crippen LogP contribution in [0.2, 0.25) is 0 Å². The first-order chi connectivity index (χ1) is 10.1. The molecule has 1 saturated heterocycles. The average Bonchev–Trinajstić information content (AvgIpc) is 2.45. The molecule has 0 bridgehead atoms. The normalized spacial score (nSPS) is 17.7. The number of nitrogens with one attached hydrogen (secondary N) is 1. The van der Waals surface area contributed by atoms with Gasteiger partial charge in [0.1, 0.15) is 5.75 Å². The number of rotatable bonds is 6. The van der Waals surface area contributed by atoms with Gasteiger partial charge in [-0.15, -0.1) is 0 Å². The van der Waals surface area contributed by atoms with Crippen LogP contribution in [-0.2, 0) is 6.54 Å². The van der Waals surface area contributed by atoms with Gasteiger partial charge in [0.2, 0.25) is 0 Å². The lowest BCUT2D eigenvalue weighted by molar-refractivity contribution is 0.208. The summed E-state index contributed by atoms with van der Waals surface area (Å²) in [7, 11) is 1.72. The first-order valence-electron chi connectivity index (χ1n) is 7.58. The van der Waals surface area contributed by atoms with E-state index in [4.69, 9.17) is 4.74 Å². The molecule has 0 radical (unpaired) electrons. The van der Waals surface area contributed by atoms with E-state index in [-0.39, 0.29) is 0 Å². The fourth-order valence-electron chi connectivity index (χ4n) is 2.85. The van der Waals surface area contributed by atoms with Crippen LogP contribution in [-0.4, -0.2) is 37.7 Å². The minimum atomic E-state index is 0.477. The third-order valence-corrected chi connectivity index (χ3v) is 4.96. The van der Waals surface area contributed by atoms with Crippen LogP contribution in [0.1, 0.15) is 31.7 Å². The fourth-order valence-corrected chi connectivity index (χ4v) is 4.33. The van der Waals surface area contributed by atoms with Gasteiger partial charge in [0.25, 0.3) is 0 Å². The van der Waals surface area contributed by atoms with Crippen molar-refractivity contribution in [2.75, 3.05) is 26.7 Å². The van der Waals surface area contributed by atoms with Gasteiger partial charge in [-0.25, -0.2) is 0 Å². The molecule has 5 heteroatoms. The van der Waals surface area contributed by atoms with Crippen molar-refractivity contribution in [1.82, 2.24) is 10.2 Å². The number of hydrogen-bond acceptors (Lipinski definition) is 3. The number of ether oxygens (including phenoxy) is 1. The van der Waals surface area contributed by atoms with Crippen molar-refractivity contribution in [2.45, 2.75) is 38.8 Å². The predicted molar refractivity (Wildman–Crippen MR) is 95.0 cm³/mol. The van der Waals surface area contributed by atoms with Gasteiger partial charge in [0.15, 0.2) is 0 Å². The number of likely N-dealkylation sites (tertiary alicyclic amines) is 1. The Labute approximate surface area is 144 Å². The Balaban J connectivity index is 1.89. The van der Waals surface area contributed by atoms with Crippen LogP contribution in [0.4, 0.5) is 0 Å². The van der Waals surface area contributed by atoms with Gasteiger partial charge in [0.05, 0.1) is 11.6 Å². The van der Waals surface area contributed by atoms with Gasteiger partial charge in [-0.2, -0.15) is 0 Å². The monoisotopic (exact) mass is 418 g/mol. The molecule has 1 aliphatic rings. The molecular weight excluding hydrogens is 396 g/mol. The maximum atomic E-state index is 5.50. The molecule has 0 spiro atoms. The van der Waals surface area contributed by atoms with E-state index in [1.54, 1.807) is 7.11 Å². The molecule has 3 nitrogen and oxygen atoms in total. The van der Waals surface area contributed by atoms with Crippen molar-refractivity contribution in [3.05, 3.63) is 26.6 Å². The van der Waals surface area contributed by atoms with E-state index in [0.29, 0.717) is 6.04 Å². The number of nitrogens with zero attached hydrogens (tertiary/aromatic N) is 1. The van der Waals surface area contributed by atoms with Gasteiger partial charge < -0.3 is 15.0 Å². The van der Waals surface area contributed by atoms with Gasteiger partial charge in [0, 0.05) is 29.2 Å². The highest BCUT2D eigenvalue weighted by Gasteiger charge is 2.14. The third-order valence-electron chi connectivity index (χ3n) is 3.91. The minimum absolute atomic E-state index is 0.477. The number of piperidine rings is 1. The lowest BCUT2D eigenvalue weighted by Gasteiger charge is -2.29. The summed E-state index contributed by atoms with van der Waals surface area (Å²) in [5, 5.41) is 3.61. The zero-order valence-corrected chi connectivity index (χ0v) is 16.0. The molecule has 1 fully saturated rings. The molecule has 118 valence electrons. The van der Waals surface area contributed by atoms with Crippen molar-refractivity contribution in [2.24, 2.45) is 0 Å². The van der Waals surface area contributed by atoms with E-state index in [2.05, 4.69) is 55.1 Å². The fraction of sp³-hybridized carbons (Fsp3) is 0.625. The van der Waals surface area contributed by atoms with Crippen LogP contribution >= 0.6 is 31.9 Å². The molecular formula is C16H24Br2N2O. The second-order valence-corrected chi connectivity index (χ2v) is 7.49. The Morgan fingerprint density at radius 3 is 2.62 bits per heavy atom. The van der Waals surface area contributed by atoms with Crippen LogP contribution in [0, 0.1) is 0 Å². The molecule has 2 rings (SSSR count). The molecule has 1 aliphatic heterocycles. The minimum Gasteiger partial charge on any atom is -0.495 e. The largest absolute Gasteiger partial charge is 0.495 e. The Morgan fingerprint density at radius 1 is 1.24 bits per heavy atom. The van der Waals surface area contributed by atoms with Crippen LogP contribution in [0.15, 0.2) is 21.1 Å². The Bertz CT molecular complexity index is 462. The highest BCUT2D eigenvalue weighted by atomic mass is 79.9. The number of benzene rings is 1. The van der Waals surface area contributed by atoms with E-state index in [1.165, 1.54) is 37.9 Å². The van der Waals surface area contributed by atoms with Crippen LogP contribution in [0.3, 0.4) is 0 Å². The zero-order valence-electron chi connectivity index (χ0n) is 12.8. The summed E-state index contributed by atoms with van der Waals surface area (Å²) in [6.45, 7) is 6.69. The zero-order chi connectivity index (χ0) is 15.2. The number of hydrogen-bond donors (Lipinski definition) is 1. The van der Waals surface area contributed by atoms with Crippen LogP contribution in [0.5, 0.6) is 5.75 Å². The summed E-state index contributed by atoms with van der Waals surface area (Å²) in [6.07, 6.45) is 4.08. The summed E-state index contributed by atoms with van der Waals surface area (Å²) >= 11 is 7.10. The molecule has 1 N–H and O–H groups in total. The molecule has 1 aromatic rings. The van der Waals surface area contributed by atoms with Crippen LogP contribution < -0.4 is 10.1 Å². The highest BCUT2D eigenvalue weighted by Crippen LogP contribution is 2.32. The molecule has 0 aliphatic carbocycles. The Morgan fingerprint density at radius 2 is 1.95 bits per heavy atom. The standard InChI is InChI=1S/C16H24Br2N2O/c1-12(11-20-6-4-3-5-7-20)19-10-13-8-14(17)9-15(18)16(13)21-2/h8-9,12,19H,3-7,10-11H2,1-2H3.